The molecule has 0 unspecified atom stereocenters. The standard InChI is InChI=1S/C21H17F3N4O2S/c22-21(23,24)6-15-5-16-17(25-12-26-18(16)31-15)27-8-20(9-27)10-28(11-20)19(30)14-3-1-2-13(4-14)7-29/h1-5,7,12H,6,8-11H2. The molecule has 0 aliphatic carbocycles. The van der Waals surface area contributed by atoms with Crippen molar-refractivity contribution < 1.29 is 22.8 Å². The van der Waals surface area contributed by atoms with E-state index in [4.69, 9.17) is 0 Å². The van der Waals surface area contributed by atoms with Crippen molar-refractivity contribution in [2.45, 2.75) is 12.6 Å². The van der Waals surface area contributed by atoms with E-state index >= 15 is 0 Å². The molecule has 0 radical (unpaired) electrons. The van der Waals surface area contributed by atoms with E-state index in [1.54, 1.807) is 29.2 Å². The summed E-state index contributed by atoms with van der Waals surface area (Å²) in [5.41, 5.74) is 0.924. The van der Waals surface area contributed by atoms with Gasteiger partial charge in [-0.2, -0.15) is 13.2 Å². The Hall–Kier alpha value is -3.01. The van der Waals surface area contributed by atoms with Crippen LogP contribution in [-0.4, -0.2) is 59.4 Å². The van der Waals surface area contributed by atoms with Gasteiger partial charge in [0.15, 0.2) is 0 Å². The number of hydrogen-bond donors (Lipinski definition) is 0. The molecule has 31 heavy (non-hydrogen) atoms. The van der Waals surface area contributed by atoms with Crippen LogP contribution in [0.5, 0.6) is 0 Å². The van der Waals surface area contributed by atoms with Crippen molar-refractivity contribution >= 4 is 39.6 Å². The molecule has 1 amide bonds. The highest BCUT2D eigenvalue weighted by molar-refractivity contribution is 7.18. The molecule has 2 aromatic heterocycles. The van der Waals surface area contributed by atoms with Gasteiger partial charge in [0.25, 0.3) is 5.91 Å². The predicted octanol–water partition coefficient (Wildman–Crippen LogP) is 3.57. The predicted molar refractivity (Wildman–Crippen MR) is 110 cm³/mol. The molecule has 0 atom stereocenters. The zero-order chi connectivity index (χ0) is 21.8. The number of nitrogens with zero attached hydrogens (tertiary/aromatic N) is 4. The first-order valence-electron chi connectivity index (χ1n) is 9.65. The third-order valence-electron chi connectivity index (χ3n) is 5.70. The van der Waals surface area contributed by atoms with Crippen molar-refractivity contribution in [3.63, 3.8) is 0 Å². The largest absolute Gasteiger partial charge is 0.393 e. The van der Waals surface area contributed by atoms with E-state index in [1.165, 1.54) is 12.4 Å². The second-order valence-corrected chi connectivity index (χ2v) is 9.30. The smallest absolute Gasteiger partial charge is 0.354 e. The summed E-state index contributed by atoms with van der Waals surface area (Å²) in [6.07, 6.45) is -3.14. The lowest BCUT2D eigenvalue weighted by Crippen LogP contribution is -2.73. The lowest BCUT2D eigenvalue weighted by atomic mass is 9.72. The van der Waals surface area contributed by atoms with Crippen LogP contribution in [0.1, 0.15) is 25.6 Å². The van der Waals surface area contributed by atoms with Gasteiger partial charge in [-0.3, -0.25) is 9.59 Å². The number of fused-ring (bicyclic) bond motifs is 1. The summed E-state index contributed by atoms with van der Waals surface area (Å²) in [5.74, 6) is 0.538. The Labute approximate surface area is 179 Å². The average molecular weight is 446 g/mol. The van der Waals surface area contributed by atoms with Gasteiger partial charge in [0.05, 0.1) is 11.8 Å². The van der Waals surface area contributed by atoms with Crippen molar-refractivity contribution in [2.24, 2.45) is 5.41 Å². The zero-order valence-corrected chi connectivity index (χ0v) is 17.0. The van der Waals surface area contributed by atoms with Crippen LogP contribution in [-0.2, 0) is 6.42 Å². The fourth-order valence-electron chi connectivity index (χ4n) is 4.38. The van der Waals surface area contributed by atoms with E-state index < -0.39 is 12.6 Å². The molecule has 2 aliphatic rings. The quantitative estimate of drug-likeness (QED) is 0.574. The van der Waals surface area contributed by atoms with Crippen LogP contribution >= 0.6 is 11.3 Å². The summed E-state index contributed by atoms with van der Waals surface area (Å²) in [4.78, 5) is 36.6. The van der Waals surface area contributed by atoms with Crippen LogP contribution in [0.4, 0.5) is 19.0 Å². The maximum absolute atomic E-state index is 12.7. The maximum atomic E-state index is 12.7. The number of likely N-dealkylation sites (tertiary alicyclic amines) is 1. The molecule has 0 saturated carbocycles. The number of hydrogen-bond acceptors (Lipinski definition) is 6. The SMILES string of the molecule is O=Cc1cccc(C(=O)N2CC3(C2)CN(c2ncnc4sc(CC(F)(F)F)cc24)C3)c1. The van der Waals surface area contributed by atoms with Gasteiger partial charge in [0, 0.05) is 47.6 Å². The number of carbonyl (C=O) groups is 2. The highest BCUT2D eigenvalue weighted by Gasteiger charge is 2.53. The van der Waals surface area contributed by atoms with Gasteiger partial charge in [-0.15, -0.1) is 11.3 Å². The third kappa shape index (κ3) is 3.65. The Morgan fingerprint density at radius 1 is 1.16 bits per heavy atom. The van der Waals surface area contributed by atoms with Crippen LogP contribution < -0.4 is 4.90 Å². The number of anilines is 1. The second-order valence-electron chi connectivity index (χ2n) is 8.18. The molecule has 2 aliphatic heterocycles. The molecule has 6 nitrogen and oxygen atoms in total. The monoisotopic (exact) mass is 446 g/mol. The Balaban J connectivity index is 1.26. The van der Waals surface area contributed by atoms with E-state index in [2.05, 4.69) is 9.97 Å². The van der Waals surface area contributed by atoms with Crippen molar-refractivity contribution in [3.8, 4) is 0 Å². The normalized spacial score (nSPS) is 17.5. The van der Waals surface area contributed by atoms with Gasteiger partial charge in [0.1, 0.15) is 23.3 Å². The topological polar surface area (TPSA) is 66.4 Å². The van der Waals surface area contributed by atoms with Crippen LogP contribution in [0.25, 0.3) is 10.2 Å². The number of rotatable bonds is 4. The van der Waals surface area contributed by atoms with Crippen molar-refractivity contribution in [2.75, 3.05) is 31.1 Å². The molecule has 2 saturated heterocycles. The van der Waals surface area contributed by atoms with Crippen LogP contribution in [0, 0.1) is 5.41 Å². The average Bonchev–Trinajstić information content (AvgIpc) is 3.06. The number of amides is 1. The molecule has 1 aromatic carbocycles. The molecule has 1 spiro atoms. The summed E-state index contributed by atoms with van der Waals surface area (Å²) >= 11 is 1.04. The first kappa shape index (κ1) is 19.9. The summed E-state index contributed by atoms with van der Waals surface area (Å²) in [5, 5.41) is 0.638. The van der Waals surface area contributed by atoms with Crippen LogP contribution in [0.2, 0.25) is 0 Å². The fraction of sp³-hybridized carbons (Fsp3) is 0.333. The minimum absolute atomic E-state index is 0.0278. The van der Waals surface area contributed by atoms with Gasteiger partial charge in [-0.25, -0.2) is 9.97 Å². The molecular formula is C21H17F3N4O2S. The summed E-state index contributed by atoms with van der Waals surface area (Å²) in [7, 11) is 0. The number of carbonyl (C=O) groups excluding carboxylic acids is 2. The Morgan fingerprint density at radius 3 is 2.65 bits per heavy atom. The number of benzene rings is 1. The highest BCUT2D eigenvalue weighted by atomic mass is 32.1. The van der Waals surface area contributed by atoms with Gasteiger partial charge in [0.2, 0.25) is 0 Å². The third-order valence-corrected chi connectivity index (χ3v) is 6.74. The Kier molecular flexibility index (Phi) is 4.51. The van der Waals surface area contributed by atoms with Crippen LogP contribution in [0.3, 0.4) is 0 Å². The van der Waals surface area contributed by atoms with E-state index in [1.807, 2.05) is 4.90 Å². The van der Waals surface area contributed by atoms with Crippen molar-refractivity contribution in [1.82, 2.24) is 14.9 Å². The Morgan fingerprint density at radius 2 is 1.94 bits per heavy atom. The molecule has 0 bridgehead atoms. The number of alkyl halides is 3. The second kappa shape index (κ2) is 7.01. The van der Waals surface area contributed by atoms with Crippen LogP contribution in [0.15, 0.2) is 36.7 Å². The summed E-state index contributed by atoms with van der Waals surface area (Å²) < 4.78 is 38.2. The van der Waals surface area contributed by atoms with Crippen molar-refractivity contribution in [3.05, 3.63) is 52.7 Å². The fourth-order valence-corrected chi connectivity index (χ4v) is 5.40. The molecule has 3 aromatic rings. The highest BCUT2D eigenvalue weighted by Crippen LogP contribution is 2.44. The number of aldehydes is 1. The number of halogens is 3. The number of aromatic nitrogens is 2. The minimum atomic E-state index is -4.26. The van der Waals surface area contributed by atoms with E-state index in [9.17, 15) is 22.8 Å². The van der Waals surface area contributed by atoms with Gasteiger partial charge in [-0.05, 0) is 18.2 Å². The van der Waals surface area contributed by atoms with E-state index in [0.717, 1.165) is 11.3 Å². The van der Waals surface area contributed by atoms with E-state index in [-0.39, 0.29) is 16.2 Å². The van der Waals surface area contributed by atoms with Gasteiger partial charge >= 0.3 is 6.18 Å². The summed E-state index contributed by atoms with van der Waals surface area (Å²) in [6.45, 7) is 2.57. The van der Waals surface area contributed by atoms with Crippen molar-refractivity contribution in [1.29, 1.82) is 0 Å². The summed E-state index contributed by atoms with van der Waals surface area (Å²) in [6, 6.07) is 8.15. The molecule has 2 fully saturated rings. The zero-order valence-electron chi connectivity index (χ0n) is 16.2. The lowest BCUT2D eigenvalue weighted by molar-refractivity contribution is -0.126. The molecule has 5 rings (SSSR count). The van der Waals surface area contributed by atoms with Gasteiger partial charge in [-0.1, -0.05) is 12.1 Å². The number of thiophene rings is 1. The molecule has 4 heterocycles. The molecule has 10 heteroatoms. The Bertz CT molecular complexity index is 1180. The first-order valence-corrected chi connectivity index (χ1v) is 10.5. The lowest BCUT2D eigenvalue weighted by Gasteiger charge is -2.60. The molecular weight excluding hydrogens is 429 g/mol. The molecule has 160 valence electrons. The molecule has 0 N–H and O–H groups in total. The first-order chi connectivity index (χ1) is 14.8. The van der Waals surface area contributed by atoms with Gasteiger partial charge < -0.3 is 9.80 Å². The maximum Gasteiger partial charge on any atom is 0.393 e. The van der Waals surface area contributed by atoms with E-state index in [0.29, 0.717) is 59.6 Å². The minimum Gasteiger partial charge on any atom is -0.354 e.